The number of piperidine rings is 1. The highest BCUT2D eigenvalue weighted by Gasteiger charge is 2.31. The van der Waals surface area contributed by atoms with Crippen LogP contribution < -0.4 is 0 Å². The molecule has 1 aromatic carbocycles. The maximum Gasteiger partial charge on any atom is 0.416 e. The minimum absolute atomic E-state index is 0.0634. The van der Waals surface area contributed by atoms with E-state index in [4.69, 9.17) is 5.11 Å². The normalized spacial score (nSPS) is 18.0. The summed E-state index contributed by atoms with van der Waals surface area (Å²) in [5.41, 5.74) is -0.562. The van der Waals surface area contributed by atoms with Gasteiger partial charge in [-0.3, -0.25) is 9.59 Å². The van der Waals surface area contributed by atoms with Crippen molar-refractivity contribution in [2.45, 2.75) is 19.0 Å². The van der Waals surface area contributed by atoms with Crippen LogP contribution in [0.3, 0.4) is 0 Å². The van der Waals surface area contributed by atoms with Crippen molar-refractivity contribution in [1.29, 1.82) is 0 Å². The van der Waals surface area contributed by atoms with E-state index in [1.807, 2.05) is 0 Å². The average Bonchev–Trinajstić information content (AvgIpc) is 3.10. The third kappa shape index (κ3) is 3.71. The molecule has 1 aliphatic heterocycles. The number of alkyl halides is 3. The number of halogens is 3. The minimum atomic E-state index is -4.47. The van der Waals surface area contributed by atoms with Crippen molar-refractivity contribution < 1.29 is 27.9 Å². The molecule has 1 amide bonds. The van der Waals surface area contributed by atoms with Crippen molar-refractivity contribution in [3.05, 3.63) is 47.8 Å². The Balaban J connectivity index is 1.80. The van der Waals surface area contributed by atoms with Crippen molar-refractivity contribution in [3.63, 3.8) is 0 Å². The second kappa shape index (κ2) is 6.81. The first-order valence-electron chi connectivity index (χ1n) is 8.01. The van der Waals surface area contributed by atoms with E-state index in [9.17, 15) is 22.8 Å². The lowest BCUT2D eigenvalue weighted by Crippen LogP contribution is -2.42. The van der Waals surface area contributed by atoms with Gasteiger partial charge in [-0.05, 0) is 37.1 Å². The molecule has 1 unspecified atom stereocenters. The molecule has 1 N–H and O–H groups in total. The van der Waals surface area contributed by atoms with Gasteiger partial charge in [-0.15, -0.1) is 0 Å². The van der Waals surface area contributed by atoms with Crippen LogP contribution in [0.5, 0.6) is 0 Å². The summed E-state index contributed by atoms with van der Waals surface area (Å²) in [5.74, 6) is -1.99. The van der Waals surface area contributed by atoms with Gasteiger partial charge in [0.15, 0.2) is 5.69 Å². The number of nitrogens with zero attached hydrogens (tertiary/aromatic N) is 3. The smallest absolute Gasteiger partial charge is 0.416 e. The fraction of sp³-hybridized carbons (Fsp3) is 0.353. The first kappa shape index (κ1) is 18.0. The van der Waals surface area contributed by atoms with Crippen LogP contribution in [0.2, 0.25) is 0 Å². The summed E-state index contributed by atoms with van der Waals surface area (Å²) in [6, 6.07) is 6.04. The topological polar surface area (TPSA) is 75.4 Å². The highest BCUT2D eigenvalue weighted by Crippen LogP contribution is 2.30. The minimum Gasteiger partial charge on any atom is -0.481 e. The number of carbonyl (C=O) groups excluding carboxylic acids is 1. The summed E-state index contributed by atoms with van der Waals surface area (Å²) in [4.78, 5) is 25.0. The van der Waals surface area contributed by atoms with E-state index in [1.54, 1.807) is 0 Å². The molecule has 0 radical (unpaired) electrons. The lowest BCUT2D eigenvalue weighted by atomic mass is 9.98. The van der Waals surface area contributed by atoms with Gasteiger partial charge in [0.25, 0.3) is 5.91 Å². The number of benzene rings is 1. The zero-order valence-electron chi connectivity index (χ0n) is 13.6. The zero-order chi connectivity index (χ0) is 18.9. The Morgan fingerprint density at radius 3 is 2.69 bits per heavy atom. The second-order valence-corrected chi connectivity index (χ2v) is 6.12. The van der Waals surface area contributed by atoms with Gasteiger partial charge in [-0.25, -0.2) is 4.68 Å². The number of carboxylic acids is 1. The maximum absolute atomic E-state index is 12.8. The molecule has 9 heteroatoms. The molecule has 1 fully saturated rings. The van der Waals surface area contributed by atoms with E-state index >= 15 is 0 Å². The van der Waals surface area contributed by atoms with Gasteiger partial charge in [0, 0.05) is 19.3 Å². The summed E-state index contributed by atoms with van der Waals surface area (Å²) in [6.45, 7) is 0.531. The van der Waals surface area contributed by atoms with Crippen LogP contribution in [0.15, 0.2) is 36.5 Å². The number of aliphatic carboxylic acids is 1. The standard InChI is InChI=1S/C17H16F3N3O3/c18-17(19,20)12-4-1-5-13(9-12)23-8-6-14(21-23)15(24)22-7-2-3-11(10-22)16(25)26/h1,4-6,8-9,11H,2-3,7,10H2,(H,25,26). The monoisotopic (exact) mass is 367 g/mol. The molecule has 1 saturated heterocycles. The Kier molecular flexibility index (Phi) is 4.71. The number of amides is 1. The third-order valence-corrected chi connectivity index (χ3v) is 4.30. The third-order valence-electron chi connectivity index (χ3n) is 4.30. The number of hydrogen-bond acceptors (Lipinski definition) is 3. The summed E-state index contributed by atoms with van der Waals surface area (Å²) < 4.78 is 39.7. The van der Waals surface area contributed by atoms with E-state index < -0.39 is 29.5 Å². The number of carboxylic acid groups (broad SMARTS) is 1. The quantitative estimate of drug-likeness (QED) is 0.905. The van der Waals surface area contributed by atoms with Gasteiger partial charge in [-0.1, -0.05) is 6.07 Å². The van der Waals surface area contributed by atoms with Crippen molar-refractivity contribution in [2.24, 2.45) is 5.92 Å². The van der Waals surface area contributed by atoms with Crippen molar-refractivity contribution >= 4 is 11.9 Å². The number of aromatic nitrogens is 2. The number of likely N-dealkylation sites (tertiary alicyclic amines) is 1. The van der Waals surface area contributed by atoms with Gasteiger partial charge >= 0.3 is 12.1 Å². The van der Waals surface area contributed by atoms with Crippen LogP contribution in [0.4, 0.5) is 13.2 Å². The van der Waals surface area contributed by atoms with Crippen molar-refractivity contribution in [1.82, 2.24) is 14.7 Å². The molecule has 2 aromatic rings. The van der Waals surface area contributed by atoms with Gasteiger partial charge in [0.2, 0.25) is 0 Å². The number of carbonyl (C=O) groups is 2. The molecular weight excluding hydrogens is 351 g/mol. The van der Waals surface area contributed by atoms with Crippen LogP contribution >= 0.6 is 0 Å². The lowest BCUT2D eigenvalue weighted by Gasteiger charge is -2.30. The van der Waals surface area contributed by atoms with Crippen LogP contribution in [0.25, 0.3) is 5.69 Å². The summed E-state index contributed by atoms with van der Waals surface area (Å²) in [7, 11) is 0. The Bertz CT molecular complexity index is 832. The molecule has 0 aliphatic carbocycles. The summed E-state index contributed by atoms with van der Waals surface area (Å²) >= 11 is 0. The summed E-state index contributed by atoms with van der Waals surface area (Å²) in [6.07, 6.45) is -1.97. The second-order valence-electron chi connectivity index (χ2n) is 6.12. The average molecular weight is 367 g/mol. The van der Waals surface area contributed by atoms with E-state index in [0.717, 1.165) is 12.1 Å². The lowest BCUT2D eigenvalue weighted by molar-refractivity contribution is -0.143. The number of rotatable bonds is 3. The molecule has 0 saturated carbocycles. The van der Waals surface area contributed by atoms with E-state index in [-0.39, 0.29) is 17.9 Å². The van der Waals surface area contributed by atoms with Crippen molar-refractivity contribution in [3.8, 4) is 5.69 Å². The Morgan fingerprint density at radius 1 is 1.23 bits per heavy atom. The Morgan fingerprint density at radius 2 is 2.00 bits per heavy atom. The largest absolute Gasteiger partial charge is 0.481 e. The van der Waals surface area contributed by atoms with Crippen molar-refractivity contribution in [2.75, 3.05) is 13.1 Å². The number of hydrogen-bond donors (Lipinski definition) is 1. The van der Waals surface area contributed by atoms with Gasteiger partial charge in [0.05, 0.1) is 17.2 Å². The van der Waals surface area contributed by atoms with Crippen LogP contribution in [0, 0.1) is 5.92 Å². The van der Waals surface area contributed by atoms with E-state index in [0.29, 0.717) is 19.4 Å². The molecule has 6 nitrogen and oxygen atoms in total. The molecular formula is C17H16F3N3O3. The van der Waals surface area contributed by atoms with Gasteiger partial charge in [-0.2, -0.15) is 18.3 Å². The molecule has 1 aromatic heterocycles. The maximum atomic E-state index is 12.8. The van der Waals surface area contributed by atoms with Crippen LogP contribution in [0.1, 0.15) is 28.9 Å². The van der Waals surface area contributed by atoms with E-state index in [2.05, 4.69) is 5.10 Å². The molecule has 1 aliphatic rings. The molecule has 1 atom stereocenters. The Hall–Kier alpha value is -2.84. The van der Waals surface area contributed by atoms with Crippen LogP contribution in [-0.2, 0) is 11.0 Å². The first-order chi connectivity index (χ1) is 12.3. The highest BCUT2D eigenvalue weighted by molar-refractivity contribution is 5.92. The fourth-order valence-corrected chi connectivity index (χ4v) is 2.93. The molecule has 138 valence electrons. The predicted octanol–water partition coefficient (Wildman–Crippen LogP) is 2.83. The van der Waals surface area contributed by atoms with Crippen LogP contribution in [-0.4, -0.2) is 44.8 Å². The molecule has 0 bridgehead atoms. The molecule has 26 heavy (non-hydrogen) atoms. The first-order valence-corrected chi connectivity index (χ1v) is 8.01. The SMILES string of the molecule is O=C(O)C1CCCN(C(=O)c2ccn(-c3cccc(C(F)(F)F)c3)n2)C1. The molecule has 0 spiro atoms. The fourth-order valence-electron chi connectivity index (χ4n) is 2.93. The van der Waals surface area contributed by atoms with Gasteiger partial charge in [0.1, 0.15) is 0 Å². The Labute approximate surface area is 146 Å². The van der Waals surface area contributed by atoms with Gasteiger partial charge < -0.3 is 10.0 Å². The summed E-state index contributed by atoms with van der Waals surface area (Å²) in [5, 5.41) is 13.2. The predicted molar refractivity (Wildman–Crippen MR) is 84.8 cm³/mol. The molecule has 2 heterocycles. The van der Waals surface area contributed by atoms with E-state index in [1.165, 1.54) is 34.0 Å². The molecule has 3 rings (SSSR count). The zero-order valence-corrected chi connectivity index (χ0v) is 13.6. The highest BCUT2D eigenvalue weighted by atomic mass is 19.4.